The minimum Gasteiger partial charge on any atom is -0.478 e. The van der Waals surface area contributed by atoms with Crippen LogP contribution in [-0.4, -0.2) is 25.5 Å². The van der Waals surface area contributed by atoms with Gasteiger partial charge in [-0.15, -0.1) is 0 Å². The standard InChI is InChI=1S/C14H18ClNO4S/c1-9(10-4-2-3-5-10)16-21(19,20)13-8-11(14(17)18)6-7-12(13)15/h6-10,16H,2-5H2,1H3,(H,17,18)/t9-/m1/s1. The monoisotopic (exact) mass is 331 g/mol. The lowest BCUT2D eigenvalue weighted by Gasteiger charge is -2.20. The van der Waals surface area contributed by atoms with Gasteiger partial charge < -0.3 is 5.11 Å². The number of sulfonamides is 1. The van der Waals surface area contributed by atoms with Crippen molar-refractivity contribution in [2.75, 3.05) is 0 Å². The van der Waals surface area contributed by atoms with E-state index in [4.69, 9.17) is 16.7 Å². The van der Waals surface area contributed by atoms with Gasteiger partial charge in [-0.1, -0.05) is 24.4 Å². The average molecular weight is 332 g/mol. The molecule has 2 rings (SSSR count). The van der Waals surface area contributed by atoms with E-state index in [2.05, 4.69) is 4.72 Å². The highest BCUT2D eigenvalue weighted by Crippen LogP contribution is 2.29. The molecule has 1 aliphatic carbocycles. The van der Waals surface area contributed by atoms with Crippen LogP contribution in [0.15, 0.2) is 23.1 Å². The van der Waals surface area contributed by atoms with Gasteiger partial charge in [0.2, 0.25) is 10.0 Å². The van der Waals surface area contributed by atoms with E-state index in [-0.39, 0.29) is 21.5 Å². The Balaban J connectivity index is 2.26. The highest BCUT2D eigenvalue weighted by Gasteiger charge is 2.27. The zero-order valence-electron chi connectivity index (χ0n) is 11.7. The Kier molecular flexibility index (Phi) is 4.91. The Morgan fingerprint density at radius 3 is 2.57 bits per heavy atom. The Labute approximate surface area is 129 Å². The van der Waals surface area contributed by atoms with Gasteiger partial charge in [-0.25, -0.2) is 17.9 Å². The number of carboxylic acids is 1. The molecule has 0 bridgehead atoms. The highest BCUT2D eigenvalue weighted by molar-refractivity contribution is 7.89. The van der Waals surface area contributed by atoms with Crippen molar-refractivity contribution in [1.29, 1.82) is 0 Å². The fourth-order valence-electron chi connectivity index (χ4n) is 2.70. The van der Waals surface area contributed by atoms with E-state index < -0.39 is 16.0 Å². The van der Waals surface area contributed by atoms with Crippen LogP contribution in [-0.2, 0) is 10.0 Å². The first-order valence-corrected chi connectivity index (χ1v) is 8.72. The third-order valence-corrected chi connectivity index (χ3v) is 5.96. The van der Waals surface area contributed by atoms with Crippen molar-refractivity contribution in [3.8, 4) is 0 Å². The van der Waals surface area contributed by atoms with Crippen molar-refractivity contribution in [1.82, 2.24) is 4.72 Å². The molecule has 0 aromatic heterocycles. The smallest absolute Gasteiger partial charge is 0.335 e. The molecule has 0 saturated heterocycles. The van der Waals surface area contributed by atoms with E-state index in [9.17, 15) is 13.2 Å². The predicted molar refractivity (Wildman–Crippen MR) is 80.2 cm³/mol. The van der Waals surface area contributed by atoms with E-state index >= 15 is 0 Å². The zero-order chi connectivity index (χ0) is 15.6. The molecule has 0 radical (unpaired) electrons. The summed E-state index contributed by atoms with van der Waals surface area (Å²) in [4.78, 5) is 10.8. The molecule has 1 aromatic rings. The lowest BCUT2D eigenvalue weighted by molar-refractivity contribution is 0.0696. The van der Waals surface area contributed by atoms with E-state index in [1.165, 1.54) is 12.1 Å². The number of rotatable bonds is 5. The molecular weight excluding hydrogens is 314 g/mol. The first-order chi connectivity index (χ1) is 9.81. The maximum absolute atomic E-state index is 12.4. The van der Waals surface area contributed by atoms with E-state index in [0.717, 1.165) is 31.7 Å². The van der Waals surface area contributed by atoms with Gasteiger partial charge in [0.25, 0.3) is 0 Å². The van der Waals surface area contributed by atoms with Crippen LogP contribution < -0.4 is 4.72 Å². The van der Waals surface area contributed by atoms with Gasteiger partial charge in [0.15, 0.2) is 0 Å². The SMILES string of the molecule is C[C@@H](NS(=O)(=O)c1cc(C(=O)O)ccc1Cl)C1CCCC1. The van der Waals surface area contributed by atoms with Crippen LogP contribution in [0.1, 0.15) is 43.0 Å². The lowest BCUT2D eigenvalue weighted by Crippen LogP contribution is -2.37. The first-order valence-electron chi connectivity index (χ1n) is 6.86. The van der Waals surface area contributed by atoms with Crippen molar-refractivity contribution in [2.24, 2.45) is 5.92 Å². The Bertz CT molecular complexity index is 638. The predicted octanol–water partition coefficient (Wildman–Crippen LogP) is 2.90. The van der Waals surface area contributed by atoms with Crippen LogP contribution in [0, 0.1) is 5.92 Å². The van der Waals surface area contributed by atoms with Gasteiger partial charge in [-0.3, -0.25) is 0 Å². The average Bonchev–Trinajstić information content (AvgIpc) is 2.92. The summed E-state index contributed by atoms with van der Waals surface area (Å²) >= 11 is 5.92. The van der Waals surface area contributed by atoms with E-state index in [1.807, 2.05) is 6.92 Å². The largest absolute Gasteiger partial charge is 0.478 e. The van der Waals surface area contributed by atoms with Gasteiger partial charge in [-0.05, 0) is 43.9 Å². The number of hydrogen-bond donors (Lipinski definition) is 2. The number of aromatic carboxylic acids is 1. The Morgan fingerprint density at radius 1 is 1.38 bits per heavy atom. The Hall–Kier alpha value is -1.11. The fraction of sp³-hybridized carbons (Fsp3) is 0.500. The number of carboxylic acid groups (broad SMARTS) is 1. The van der Waals surface area contributed by atoms with Gasteiger partial charge in [0.1, 0.15) is 4.90 Å². The molecular formula is C14H18ClNO4S. The normalized spacial score (nSPS) is 17.8. The molecule has 5 nitrogen and oxygen atoms in total. The van der Waals surface area contributed by atoms with Crippen molar-refractivity contribution in [3.05, 3.63) is 28.8 Å². The molecule has 0 aliphatic heterocycles. The molecule has 0 unspecified atom stereocenters. The van der Waals surface area contributed by atoms with Crippen LogP contribution >= 0.6 is 11.6 Å². The maximum atomic E-state index is 12.4. The van der Waals surface area contributed by atoms with Gasteiger partial charge in [0.05, 0.1) is 10.6 Å². The van der Waals surface area contributed by atoms with Gasteiger partial charge in [-0.2, -0.15) is 0 Å². The second kappa shape index (κ2) is 6.34. The summed E-state index contributed by atoms with van der Waals surface area (Å²) in [6.45, 7) is 1.84. The number of nitrogens with one attached hydrogen (secondary N) is 1. The number of benzene rings is 1. The summed E-state index contributed by atoms with van der Waals surface area (Å²) in [6.07, 6.45) is 4.25. The van der Waals surface area contributed by atoms with Crippen molar-refractivity contribution >= 4 is 27.6 Å². The molecule has 116 valence electrons. The molecule has 1 saturated carbocycles. The molecule has 1 fully saturated rings. The second-order valence-corrected chi connectivity index (χ2v) is 7.49. The number of carbonyl (C=O) groups is 1. The third kappa shape index (κ3) is 3.75. The molecule has 1 atom stereocenters. The second-order valence-electron chi connectivity index (χ2n) is 5.40. The fourth-order valence-corrected chi connectivity index (χ4v) is 4.54. The summed E-state index contributed by atoms with van der Waals surface area (Å²) in [6, 6.07) is 3.47. The molecule has 21 heavy (non-hydrogen) atoms. The van der Waals surface area contributed by atoms with Gasteiger partial charge >= 0.3 is 5.97 Å². The van der Waals surface area contributed by atoms with Crippen molar-refractivity contribution in [2.45, 2.75) is 43.5 Å². The van der Waals surface area contributed by atoms with Crippen LogP contribution in [0.3, 0.4) is 0 Å². The summed E-state index contributed by atoms with van der Waals surface area (Å²) < 4.78 is 27.4. The topological polar surface area (TPSA) is 83.5 Å². The van der Waals surface area contributed by atoms with Crippen molar-refractivity contribution in [3.63, 3.8) is 0 Å². The summed E-state index contributed by atoms with van der Waals surface area (Å²) in [7, 11) is -3.83. The van der Waals surface area contributed by atoms with Crippen molar-refractivity contribution < 1.29 is 18.3 Å². The van der Waals surface area contributed by atoms with Crippen LogP contribution in [0.5, 0.6) is 0 Å². The zero-order valence-corrected chi connectivity index (χ0v) is 13.2. The quantitative estimate of drug-likeness (QED) is 0.869. The summed E-state index contributed by atoms with van der Waals surface area (Å²) in [5.74, 6) is -0.867. The third-order valence-electron chi connectivity index (χ3n) is 3.92. The van der Waals surface area contributed by atoms with Crippen LogP contribution in [0.2, 0.25) is 5.02 Å². The minimum absolute atomic E-state index is 0.0196. The maximum Gasteiger partial charge on any atom is 0.335 e. The van der Waals surface area contributed by atoms with Gasteiger partial charge in [0, 0.05) is 6.04 Å². The molecule has 1 aliphatic rings. The molecule has 0 spiro atoms. The Morgan fingerprint density at radius 2 is 2.00 bits per heavy atom. The highest BCUT2D eigenvalue weighted by atomic mass is 35.5. The molecule has 2 N–H and O–H groups in total. The van der Waals surface area contributed by atoms with Crippen LogP contribution in [0.25, 0.3) is 0 Å². The molecule has 0 heterocycles. The van der Waals surface area contributed by atoms with E-state index in [1.54, 1.807) is 0 Å². The van der Waals surface area contributed by atoms with E-state index in [0.29, 0.717) is 5.92 Å². The summed E-state index contributed by atoms with van der Waals surface area (Å²) in [5, 5.41) is 8.98. The minimum atomic E-state index is -3.83. The molecule has 1 aromatic carbocycles. The molecule has 7 heteroatoms. The first kappa shape index (κ1) is 16.3. The van der Waals surface area contributed by atoms with Crippen LogP contribution in [0.4, 0.5) is 0 Å². The summed E-state index contributed by atoms with van der Waals surface area (Å²) in [5.41, 5.74) is -0.103. The lowest BCUT2D eigenvalue weighted by atomic mass is 10.0. The number of halogens is 1. The number of hydrogen-bond acceptors (Lipinski definition) is 3. The molecule has 0 amide bonds.